The van der Waals surface area contributed by atoms with Gasteiger partial charge in [0.15, 0.2) is 0 Å². The van der Waals surface area contributed by atoms with Crippen LogP contribution in [0.4, 0.5) is 8.78 Å². The molecule has 8 heteroatoms. The SMILES string of the molecule is CCOC(=O)C(=[N+]=[N-])C(=O)C(F)(F)C(NCc1ccccc1)c1ccccc1. The van der Waals surface area contributed by atoms with E-state index in [-0.39, 0.29) is 18.7 Å². The number of carbonyl (C=O) groups is 2. The van der Waals surface area contributed by atoms with Crippen LogP contribution in [0.1, 0.15) is 24.1 Å². The first-order chi connectivity index (χ1) is 13.4. The fourth-order valence-electron chi connectivity index (χ4n) is 2.58. The highest BCUT2D eigenvalue weighted by Crippen LogP contribution is 2.33. The summed E-state index contributed by atoms with van der Waals surface area (Å²) in [5, 5.41) is 2.66. The standard InChI is InChI=1S/C20H19F2N3O3/c1-2-28-19(27)16(25-23)18(26)20(21,22)17(15-11-7-4-8-12-15)24-13-14-9-5-3-6-10-14/h3-12,17,24H,2,13H2,1H3. The lowest BCUT2D eigenvalue weighted by Gasteiger charge is -2.26. The smallest absolute Gasteiger partial charge is 0.448 e. The van der Waals surface area contributed by atoms with Crippen molar-refractivity contribution in [2.75, 3.05) is 6.61 Å². The second-order valence-electron chi connectivity index (χ2n) is 5.83. The summed E-state index contributed by atoms with van der Waals surface area (Å²) in [5.41, 5.74) is 8.44. The van der Waals surface area contributed by atoms with E-state index in [1.54, 1.807) is 48.5 Å². The van der Waals surface area contributed by atoms with Crippen molar-refractivity contribution in [2.45, 2.75) is 25.4 Å². The highest BCUT2D eigenvalue weighted by molar-refractivity contribution is 6.63. The Kier molecular flexibility index (Phi) is 7.26. The van der Waals surface area contributed by atoms with Crippen LogP contribution < -0.4 is 5.32 Å². The van der Waals surface area contributed by atoms with Crippen LogP contribution in [0.5, 0.6) is 0 Å². The molecule has 0 aliphatic rings. The van der Waals surface area contributed by atoms with Crippen molar-refractivity contribution < 1.29 is 27.9 Å². The van der Waals surface area contributed by atoms with Crippen LogP contribution in [0.15, 0.2) is 60.7 Å². The first-order valence-electron chi connectivity index (χ1n) is 8.55. The fraction of sp³-hybridized carbons (Fsp3) is 0.250. The summed E-state index contributed by atoms with van der Waals surface area (Å²) in [5.74, 6) is -7.42. The third-order valence-electron chi connectivity index (χ3n) is 3.94. The number of carbonyl (C=O) groups excluding carboxylic acids is 2. The fourth-order valence-corrected chi connectivity index (χ4v) is 2.58. The maximum absolute atomic E-state index is 15.1. The minimum atomic E-state index is -4.08. The van der Waals surface area contributed by atoms with Gasteiger partial charge in [-0.3, -0.25) is 4.79 Å². The van der Waals surface area contributed by atoms with Crippen LogP contribution >= 0.6 is 0 Å². The van der Waals surface area contributed by atoms with Crippen molar-refractivity contribution in [3.05, 3.63) is 77.3 Å². The molecule has 0 bridgehead atoms. The monoisotopic (exact) mass is 387 g/mol. The van der Waals surface area contributed by atoms with Gasteiger partial charge in [0.25, 0.3) is 0 Å². The first-order valence-corrected chi connectivity index (χ1v) is 8.55. The van der Waals surface area contributed by atoms with Gasteiger partial charge in [-0.15, -0.1) is 0 Å². The third-order valence-corrected chi connectivity index (χ3v) is 3.94. The molecule has 6 nitrogen and oxygen atoms in total. The van der Waals surface area contributed by atoms with E-state index in [0.29, 0.717) is 0 Å². The summed E-state index contributed by atoms with van der Waals surface area (Å²) >= 11 is 0. The lowest BCUT2D eigenvalue weighted by molar-refractivity contribution is -0.151. The Hall–Kier alpha value is -3.22. The maximum atomic E-state index is 15.1. The second-order valence-corrected chi connectivity index (χ2v) is 5.83. The molecule has 0 aliphatic carbocycles. The van der Waals surface area contributed by atoms with Gasteiger partial charge in [-0.05, 0) is 18.1 Å². The van der Waals surface area contributed by atoms with Gasteiger partial charge in [0.1, 0.15) is 6.04 Å². The molecule has 0 aliphatic heterocycles. The number of nitrogens with zero attached hydrogens (tertiary/aromatic N) is 2. The molecule has 2 rings (SSSR count). The number of rotatable bonds is 9. The van der Waals surface area contributed by atoms with Crippen LogP contribution in [0, 0.1) is 0 Å². The predicted octanol–water partition coefficient (Wildman–Crippen LogP) is 2.96. The molecular weight excluding hydrogens is 368 g/mol. The van der Waals surface area contributed by atoms with Crippen molar-refractivity contribution in [1.29, 1.82) is 0 Å². The van der Waals surface area contributed by atoms with Gasteiger partial charge in [0.2, 0.25) is 0 Å². The third kappa shape index (κ3) is 4.94. The minimum Gasteiger partial charge on any atom is -0.457 e. The zero-order chi connectivity index (χ0) is 20.6. The quantitative estimate of drug-likeness (QED) is 0.235. The van der Waals surface area contributed by atoms with Gasteiger partial charge >= 0.3 is 23.4 Å². The molecule has 28 heavy (non-hydrogen) atoms. The van der Waals surface area contributed by atoms with Gasteiger partial charge in [0.05, 0.1) is 6.61 Å². The van der Waals surface area contributed by atoms with Gasteiger partial charge in [-0.1, -0.05) is 60.7 Å². The van der Waals surface area contributed by atoms with Gasteiger partial charge in [-0.25, -0.2) is 4.79 Å². The minimum absolute atomic E-state index is 0.0499. The van der Waals surface area contributed by atoms with Gasteiger partial charge < -0.3 is 15.6 Å². The summed E-state index contributed by atoms with van der Waals surface area (Å²) in [6, 6.07) is 14.7. The molecule has 1 unspecified atom stereocenters. The van der Waals surface area contributed by atoms with Crippen molar-refractivity contribution in [3.8, 4) is 0 Å². The average Bonchev–Trinajstić information content (AvgIpc) is 2.70. The molecule has 2 aromatic rings. The number of Topliss-reactive ketones (excluding diaryl/α,β-unsaturated/α-hetero) is 1. The van der Waals surface area contributed by atoms with E-state index in [1.807, 2.05) is 0 Å². The zero-order valence-corrected chi connectivity index (χ0v) is 15.1. The summed E-state index contributed by atoms with van der Waals surface area (Å²) in [4.78, 5) is 26.5. The topological polar surface area (TPSA) is 91.8 Å². The Bertz CT molecular complexity index is 867. The Balaban J connectivity index is 2.35. The summed E-state index contributed by atoms with van der Waals surface area (Å²) in [6.45, 7) is 1.32. The molecule has 2 aromatic carbocycles. The molecule has 1 N–H and O–H groups in total. The first kappa shape index (κ1) is 21.1. The van der Waals surface area contributed by atoms with Gasteiger partial charge in [0, 0.05) is 6.54 Å². The molecule has 1 atom stereocenters. The van der Waals surface area contributed by atoms with Crippen molar-refractivity contribution >= 4 is 17.5 Å². The lowest BCUT2D eigenvalue weighted by atomic mass is 9.95. The number of hydrogen-bond donors (Lipinski definition) is 1. The summed E-state index contributed by atoms with van der Waals surface area (Å²) in [7, 11) is 0. The van der Waals surface area contributed by atoms with Crippen LogP contribution in [0.2, 0.25) is 0 Å². The zero-order valence-electron chi connectivity index (χ0n) is 15.1. The lowest BCUT2D eigenvalue weighted by Crippen LogP contribution is -2.48. The van der Waals surface area contributed by atoms with Crippen LogP contribution in [0.3, 0.4) is 0 Å². The van der Waals surface area contributed by atoms with Crippen molar-refractivity contribution in [1.82, 2.24) is 5.32 Å². The van der Waals surface area contributed by atoms with E-state index in [0.717, 1.165) is 5.56 Å². The number of ether oxygens (including phenoxy) is 1. The summed E-state index contributed by atoms with van der Waals surface area (Å²) in [6.07, 6.45) is 0. The molecule has 0 aromatic heterocycles. The molecule has 0 fully saturated rings. The number of hydrogen-bond acceptors (Lipinski definition) is 4. The Labute approximate surface area is 160 Å². The number of nitrogens with one attached hydrogen (secondary N) is 1. The molecule has 0 radical (unpaired) electrons. The Morgan fingerprint density at radius 3 is 2.21 bits per heavy atom. The van der Waals surface area contributed by atoms with Gasteiger partial charge in [-0.2, -0.15) is 13.6 Å². The number of alkyl halides is 2. The summed E-state index contributed by atoms with van der Waals surface area (Å²) < 4.78 is 34.7. The maximum Gasteiger partial charge on any atom is 0.448 e. The molecule has 0 spiro atoms. The van der Waals surface area contributed by atoms with Crippen LogP contribution in [-0.4, -0.2) is 34.8 Å². The molecular formula is C20H19F2N3O3. The molecule has 0 heterocycles. The van der Waals surface area contributed by atoms with E-state index >= 15 is 8.78 Å². The Morgan fingerprint density at radius 2 is 1.68 bits per heavy atom. The second kappa shape index (κ2) is 9.64. The van der Waals surface area contributed by atoms with Crippen LogP contribution in [-0.2, 0) is 20.9 Å². The number of benzene rings is 2. The number of esters is 1. The molecule has 0 saturated carbocycles. The van der Waals surface area contributed by atoms with Crippen molar-refractivity contribution in [2.24, 2.45) is 0 Å². The number of ketones is 1. The highest BCUT2D eigenvalue weighted by atomic mass is 19.3. The largest absolute Gasteiger partial charge is 0.457 e. The van der Waals surface area contributed by atoms with E-state index in [9.17, 15) is 9.59 Å². The molecule has 146 valence electrons. The van der Waals surface area contributed by atoms with Crippen molar-refractivity contribution in [3.63, 3.8) is 0 Å². The van der Waals surface area contributed by atoms with E-state index in [4.69, 9.17) is 5.53 Å². The van der Waals surface area contributed by atoms with Crippen LogP contribution in [0.25, 0.3) is 5.53 Å². The average molecular weight is 387 g/mol. The molecule has 0 amide bonds. The molecule has 0 saturated heterocycles. The predicted molar refractivity (Wildman–Crippen MR) is 97.7 cm³/mol. The van der Waals surface area contributed by atoms with E-state index < -0.39 is 29.4 Å². The highest BCUT2D eigenvalue weighted by Gasteiger charge is 2.55. The van der Waals surface area contributed by atoms with E-state index in [2.05, 4.69) is 14.8 Å². The van der Waals surface area contributed by atoms with E-state index in [1.165, 1.54) is 19.1 Å². The normalized spacial score (nSPS) is 12.0. The Morgan fingerprint density at radius 1 is 1.11 bits per heavy atom. The number of halogens is 2.